The number of methoxy groups -OCH3 is 1. The average Bonchev–Trinajstić information content (AvgIpc) is 2.68. The third-order valence-electron chi connectivity index (χ3n) is 4.14. The fourth-order valence-electron chi connectivity index (χ4n) is 2.41. The number of benzene rings is 1. The Bertz CT molecular complexity index is 494. The second kappa shape index (κ2) is 6.13. The molecule has 1 aromatic rings. The SMILES string of the molecule is COC1O[C@H](COC(=O)c2ccc(C)cc2)[C@@H](C)[C@@]1(C)O. The third-order valence-corrected chi connectivity index (χ3v) is 4.14. The van der Waals surface area contributed by atoms with E-state index in [-0.39, 0.29) is 18.6 Å². The van der Waals surface area contributed by atoms with Gasteiger partial charge in [0, 0.05) is 13.0 Å². The minimum atomic E-state index is -1.10. The van der Waals surface area contributed by atoms with Crippen molar-refractivity contribution in [1.29, 1.82) is 0 Å². The molecule has 116 valence electrons. The predicted octanol–water partition coefficient (Wildman–Crippen LogP) is 1.91. The molecule has 0 saturated carbocycles. The van der Waals surface area contributed by atoms with Crippen molar-refractivity contribution in [2.45, 2.75) is 38.8 Å². The summed E-state index contributed by atoms with van der Waals surface area (Å²) >= 11 is 0. The van der Waals surface area contributed by atoms with Crippen LogP contribution in [0.15, 0.2) is 24.3 Å². The summed E-state index contributed by atoms with van der Waals surface area (Å²) < 4.78 is 16.0. The standard InChI is InChI=1S/C16H22O5/c1-10-5-7-12(8-6-10)14(17)20-9-13-11(2)16(3,18)15(19-4)21-13/h5-8,11,13,15,18H,9H2,1-4H3/t11-,13-,15?,16-/m1/s1. The van der Waals surface area contributed by atoms with Gasteiger partial charge < -0.3 is 19.3 Å². The molecule has 1 fully saturated rings. The maximum Gasteiger partial charge on any atom is 0.338 e. The molecule has 1 unspecified atom stereocenters. The summed E-state index contributed by atoms with van der Waals surface area (Å²) in [5, 5.41) is 10.3. The summed E-state index contributed by atoms with van der Waals surface area (Å²) in [5.41, 5.74) is 0.481. The lowest BCUT2D eigenvalue weighted by atomic mass is 9.89. The summed E-state index contributed by atoms with van der Waals surface area (Å²) in [7, 11) is 1.48. The van der Waals surface area contributed by atoms with E-state index < -0.39 is 17.9 Å². The van der Waals surface area contributed by atoms with Crippen LogP contribution in [0, 0.1) is 12.8 Å². The van der Waals surface area contributed by atoms with Gasteiger partial charge >= 0.3 is 5.97 Å². The molecule has 1 aromatic carbocycles. The largest absolute Gasteiger partial charge is 0.459 e. The number of carbonyl (C=O) groups is 1. The zero-order chi connectivity index (χ0) is 15.6. The number of ether oxygens (including phenoxy) is 3. The van der Waals surface area contributed by atoms with Crippen LogP contribution in [0.3, 0.4) is 0 Å². The first-order valence-electron chi connectivity index (χ1n) is 7.00. The fraction of sp³-hybridized carbons (Fsp3) is 0.562. The third kappa shape index (κ3) is 3.26. The summed E-state index contributed by atoms with van der Waals surface area (Å²) in [6.45, 7) is 5.55. The average molecular weight is 294 g/mol. The Morgan fingerprint density at radius 3 is 2.52 bits per heavy atom. The van der Waals surface area contributed by atoms with Crippen LogP contribution in [0.25, 0.3) is 0 Å². The summed E-state index contributed by atoms with van der Waals surface area (Å²) in [5.74, 6) is -0.598. The number of hydrogen-bond donors (Lipinski definition) is 1. The maximum absolute atomic E-state index is 12.0. The van der Waals surface area contributed by atoms with Crippen molar-refractivity contribution in [2.24, 2.45) is 5.92 Å². The van der Waals surface area contributed by atoms with Crippen molar-refractivity contribution in [3.63, 3.8) is 0 Å². The molecule has 5 nitrogen and oxygen atoms in total. The Kier molecular flexibility index (Phi) is 4.66. The molecule has 1 heterocycles. The Balaban J connectivity index is 1.94. The van der Waals surface area contributed by atoms with Crippen LogP contribution in [-0.2, 0) is 14.2 Å². The molecule has 0 aromatic heterocycles. The topological polar surface area (TPSA) is 65.0 Å². The molecule has 1 aliphatic rings. The van der Waals surface area contributed by atoms with Gasteiger partial charge in [-0.25, -0.2) is 4.79 Å². The minimum Gasteiger partial charge on any atom is -0.459 e. The van der Waals surface area contributed by atoms with Gasteiger partial charge in [-0.05, 0) is 26.0 Å². The van der Waals surface area contributed by atoms with Gasteiger partial charge in [-0.15, -0.1) is 0 Å². The number of aliphatic hydroxyl groups is 1. The molecule has 5 heteroatoms. The van der Waals surface area contributed by atoms with E-state index in [2.05, 4.69) is 0 Å². The minimum absolute atomic E-state index is 0.0872. The molecule has 4 atom stereocenters. The van der Waals surface area contributed by atoms with E-state index >= 15 is 0 Å². The van der Waals surface area contributed by atoms with Gasteiger partial charge in [0.05, 0.1) is 5.56 Å². The Morgan fingerprint density at radius 1 is 1.38 bits per heavy atom. The zero-order valence-corrected chi connectivity index (χ0v) is 12.8. The van der Waals surface area contributed by atoms with Crippen LogP contribution in [0.4, 0.5) is 0 Å². The number of rotatable bonds is 4. The van der Waals surface area contributed by atoms with Crippen molar-refractivity contribution in [3.05, 3.63) is 35.4 Å². The summed E-state index contributed by atoms with van der Waals surface area (Å²) in [6.07, 6.45) is -1.10. The van der Waals surface area contributed by atoms with Gasteiger partial charge in [-0.3, -0.25) is 0 Å². The van der Waals surface area contributed by atoms with Crippen LogP contribution < -0.4 is 0 Å². The van der Waals surface area contributed by atoms with Crippen LogP contribution >= 0.6 is 0 Å². The molecule has 2 rings (SSSR count). The number of hydrogen-bond acceptors (Lipinski definition) is 5. The molecule has 1 N–H and O–H groups in total. The van der Waals surface area contributed by atoms with Crippen molar-refractivity contribution < 1.29 is 24.1 Å². The first-order chi connectivity index (χ1) is 9.86. The highest BCUT2D eigenvalue weighted by molar-refractivity contribution is 5.89. The Morgan fingerprint density at radius 2 is 2.00 bits per heavy atom. The van der Waals surface area contributed by atoms with E-state index in [0.29, 0.717) is 5.56 Å². The van der Waals surface area contributed by atoms with Gasteiger partial charge in [0.1, 0.15) is 18.3 Å². The number of carbonyl (C=O) groups excluding carboxylic acids is 1. The Labute approximate surface area is 124 Å². The Hall–Kier alpha value is -1.43. The van der Waals surface area contributed by atoms with Crippen LogP contribution in [0.1, 0.15) is 29.8 Å². The highest BCUT2D eigenvalue weighted by Gasteiger charge is 2.50. The normalized spacial score (nSPS) is 32.1. The van der Waals surface area contributed by atoms with E-state index in [9.17, 15) is 9.90 Å². The van der Waals surface area contributed by atoms with E-state index in [1.54, 1.807) is 19.1 Å². The summed E-state index contributed by atoms with van der Waals surface area (Å²) in [6, 6.07) is 7.17. The van der Waals surface area contributed by atoms with Crippen molar-refractivity contribution in [3.8, 4) is 0 Å². The molecule has 0 spiro atoms. The van der Waals surface area contributed by atoms with Crippen LogP contribution in [-0.4, -0.2) is 42.8 Å². The quantitative estimate of drug-likeness (QED) is 0.859. The lowest BCUT2D eigenvalue weighted by Crippen LogP contribution is -2.41. The maximum atomic E-state index is 12.0. The van der Waals surface area contributed by atoms with E-state index in [1.165, 1.54) is 7.11 Å². The molecule has 1 aliphatic heterocycles. The molecule has 1 saturated heterocycles. The molecular weight excluding hydrogens is 272 g/mol. The second-order valence-corrected chi connectivity index (χ2v) is 5.72. The second-order valence-electron chi connectivity index (χ2n) is 5.72. The highest BCUT2D eigenvalue weighted by Crippen LogP contribution is 2.36. The van der Waals surface area contributed by atoms with Gasteiger partial charge in [0.15, 0.2) is 6.29 Å². The van der Waals surface area contributed by atoms with E-state index in [1.807, 2.05) is 26.0 Å². The monoisotopic (exact) mass is 294 g/mol. The van der Waals surface area contributed by atoms with Crippen molar-refractivity contribution >= 4 is 5.97 Å². The molecule has 0 bridgehead atoms. The van der Waals surface area contributed by atoms with Crippen LogP contribution in [0.5, 0.6) is 0 Å². The molecule has 0 amide bonds. The molecular formula is C16H22O5. The zero-order valence-electron chi connectivity index (χ0n) is 12.8. The molecule has 21 heavy (non-hydrogen) atoms. The predicted molar refractivity (Wildman–Crippen MR) is 76.9 cm³/mol. The lowest BCUT2D eigenvalue weighted by molar-refractivity contribution is -0.184. The first-order valence-corrected chi connectivity index (χ1v) is 7.00. The van der Waals surface area contributed by atoms with Gasteiger partial charge in [0.25, 0.3) is 0 Å². The van der Waals surface area contributed by atoms with Gasteiger partial charge in [-0.1, -0.05) is 24.6 Å². The highest BCUT2D eigenvalue weighted by atomic mass is 16.7. The van der Waals surface area contributed by atoms with Gasteiger partial charge in [-0.2, -0.15) is 0 Å². The number of esters is 1. The lowest BCUT2D eigenvalue weighted by Gasteiger charge is -2.26. The van der Waals surface area contributed by atoms with Crippen molar-refractivity contribution in [2.75, 3.05) is 13.7 Å². The first kappa shape index (κ1) is 15.9. The van der Waals surface area contributed by atoms with E-state index in [4.69, 9.17) is 14.2 Å². The van der Waals surface area contributed by atoms with Crippen LogP contribution in [0.2, 0.25) is 0 Å². The smallest absolute Gasteiger partial charge is 0.338 e. The van der Waals surface area contributed by atoms with Gasteiger partial charge in [0.2, 0.25) is 0 Å². The van der Waals surface area contributed by atoms with Crippen molar-refractivity contribution in [1.82, 2.24) is 0 Å². The molecule has 0 aliphatic carbocycles. The summed E-state index contributed by atoms with van der Waals surface area (Å²) in [4.78, 5) is 12.0. The van der Waals surface area contributed by atoms with E-state index in [0.717, 1.165) is 5.56 Å². The fourth-order valence-corrected chi connectivity index (χ4v) is 2.41. The number of aryl methyl sites for hydroxylation is 1. The molecule has 0 radical (unpaired) electrons.